The Morgan fingerprint density at radius 3 is 1.76 bits per heavy atom. The quantitative estimate of drug-likeness (QED) is 0.319. The summed E-state index contributed by atoms with van der Waals surface area (Å²) in [7, 11) is -3.36. The van der Waals surface area contributed by atoms with E-state index in [4.69, 9.17) is 5.73 Å². The highest BCUT2D eigenvalue weighted by atomic mass is 31.1. The minimum Gasteiger partial charge on any atom is -0.593 e. The number of nitrogens with two attached hydrogens (primary N) is 1. The maximum absolute atomic E-state index is 12.2. The summed E-state index contributed by atoms with van der Waals surface area (Å²) >= 11 is 0. The van der Waals surface area contributed by atoms with Gasteiger partial charge in [0.25, 0.3) is 5.85 Å². The Balaban J connectivity index is 5.03. The molecule has 0 saturated carbocycles. The molecular formula is C14H26NO5P. The SMILES string of the molecule is CCCCCC(=O)C(N)(C(=O)CCCCC)C(O)[P+](=O)[O-]. The zero-order valence-corrected chi connectivity index (χ0v) is 13.7. The van der Waals surface area contributed by atoms with Crippen molar-refractivity contribution in [1.82, 2.24) is 0 Å². The van der Waals surface area contributed by atoms with E-state index in [1.54, 1.807) is 0 Å². The Kier molecular flexibility index (Phi) is 9.79. The molecule has 0 aromatic heterocycles. The Morgan fingerprint density at radius 2 is 1.48 bits per heavy atom. The van der Waals surface area contributed by atoms with Gasteiger partial charge in [0.1, 0.15) is 0 Å². The third-order valence-electron chi connectivity index (χ3n) is 3.54. The summed E-state index contributed by atoms with van der Waals surface area (Å²) in [6, 6.07) is 0. The maximum atomic E-state index is 12.2. The lowest BCUT2D eigenvalue weighted by molar-refractivity contribution is -0.176. The molecule has 0 radical (unpaired) electrons. The second kappa shape index (κ2) is 10.1. The van der Waals surface area contributed by atoms with Crippen molar-refractivity contribution in [2.24, 2.45) is 5.73 Å². The summed E-state index contributed by atoms with van der Waals surface area (Å²) in [6.45, 7) is 3.92. The van der Waals surface area contributed by atoms with Gasteiger partial charge in [0.15, 0.2) is 11.6 Å². The van der Waals surface area contributed by atoms with E-state index in [0.29, 0.717) is 12.8 Å². The molecule has 3 N–H and O–H groups in total. The van der Waals surface area contributed by atoms with Crippen LogP contribution in [0.25, 0.3) is 0 Å². The molecule has 6 nitrogen and oxygen atoms in total. The summed E-state index contributed by atoms with van der Waals surface area (Å²) < 4.78 is 11.0. The first-order valence-corrected chi connectivity index (χ1v) is 8.74. The minimum atomic E-state index is -3.36. The third-order valence-corrected chi connectivity index (χ3v) is 4.35. The summed E-state index contributed by atoms with van der Waals surface area (Å²) in [5.74, 6) is -3.54. The van der Waals surface area contributed by atoms with Gasteiger partial charge in [-0.25, -0.2) is 0 Å². The van der Waals surface area contributed by atoms with Gasteiger partial charge in [-0.05, 0) is 12.8 Å². The molecule has 0 aliphatic rings. The summed E-state index contributed by atoms with van der Waals surface area (Å²) in [5, 5.41) is 9.74. The fourth-order valence-electron chi connectivity index (χ4n) is 2.09. The smallest absolute Gasteiger partial charge is 0.344 e. The molecule has 0 spiro atoms. The minimum absolute atomic E-state index is 0.00406. The molecule has 0 aromatic carbocycles. The van der Waals surface area contributed by atoms with Crippen LogP contribution in [0, 0.1) is 0 Å². The highest BCUT2D eigenvalue weighted by Gasteiger charge is 2.53. The predicted molar refractivity (Wildman–Crippen MR) is 78.8 cm³/mol. The number of ketones is 2. The number of aliphatic hydroxyl groups is 1. The van der Waals surface area contributed by atoms with E-state index in [0.717, 1.165) is 25.7 Å². The molecule has 0 fully saturated rings. The fourth-order valence-corrected chi connectivity index (χ4v) is 2.72. The second-order valence-electron chi connectivity index (χ2n) is 5.29. The largest absolute Gasteiger partial charge is 0.593 e. The first-order valence-electron chi connectivity index (χ1n) is 7.49. The van der Waals surface area contributed by atoms with Crippen molar-refractivity contribution in [3.05, 3.63) is 0 Å². The molecule has 2 unspecified atom stereocenters. The molecule has 0 saturated heterocycles. The van der Waals surface area contributed by atoms with Crippen molar-refractivity contribution in [3.63, 3.8) is 0 Å². The van der Waals surface area contributed by atoms with E-state index in [-0.39, 0.29) is 12.8 Å². The molecular weight excluding hydrogens is 293 g/mol. The van der Waals surface area contributed by atoms with Gasteiger partial charge in [-0.2, -0.15) is 0 Å². The molecule has 2 atom stereocenters. The molecule has 0 aliphatic heterocycles. The van der Waals surface area contributed by atoms with Crippen LogP contribution in [0.2, 0.25) is 0 Å². The molecule has 0 aliphatic carbocycles. The number of carbonyl (C=O) groups is 2. The van der Waals surface area contributed by atoms with Crippen molar-refractivity contribution < 1.29 is 24.2 Å². The lowest BCUT2D eigenvalue weighted by atomic mass is 9.85. The average Bonchev–Trinajstić information content (AvgIpc) is 2.45. The van der Waals surface area contributed by atoms with Gasteiger partial charge in [0, 0.05) is 12.8 Å². The second-order valence-corrected chi connectivity index (χ2v) is 6.35. The Hall–Kier alpha value is -0.680. The monoisotopic (exact) mass is 319 g/mol. The van der Waals surface area contributed by atoms with Gasteiger partial charge in [-0.15, -0.1) is 0 Å². The van der Waals surface area contributed by atoms with Gasteiger partial charge in [-0.1, -0.05) is 44.1 Å². The van der Waals surface area contributed by atoms with Gasteiger partial charge in [0.05, 0.1) is 0 Å². The molecule has 0 rings (SSSR count). The van der Waals surface area contributed by atoms with Gasteiger partial charge in [-0.3, -0.25) is 9.59 Å². The third kappa shape index (κ3) is 5.91. The Morgan fingerprint density at radius 1 is 1.10 bits per heavy atom. The standard InChI is InChI=1S/C14H26NO5P/c1-3-5-7-9-11(16)14(15,13(18)21(19)20)12(17)10-8-6-4-2/h13,18H,3-10,15H2,1-2H3. The zero-order chi connectivity index (χ0) is 16.5. The highest BCUT2D eigenvalue weighted by Crippen LogP contribution is 2.29. The first kappa shape index (κ1) is 20.3. The van der Waals surface area contributed by atoms with E-state index < -0.39 is 31.0 Å². The first-order chi connectivity index (χ1) is 9.82. The summed E-state index contributed by atoms with van der Waals surface area (Å²) in [6.07, 6.45) is 4.39. The molecule has 0 aromatic rings. The van der Waals surface area contributed by atoms with E-state index in [2.05, 4.69) is 0 Å². The van der Waals surface area contributed by atoms with Crippen molar-refractivity contribution in [2.45, 2.75) is 76.6 Å². The topological polar surface area (TPSA) is 121 Å². The van der Waals surface area contributed by atoms with E-state index in [9.17, 15) is 24.2 Å². The van der Waals surface area contributed by atoms with E-state index >= 15 is 0 Å². The number of rotatable bonds is 12. The predicted octanol–water partition coefficient (Wildman–Crippen LogP) is 1.40. The average molecular weight is 319 g/mol. The molecule has 0 bridgehead atoms. The van der Waals surface area contributed by atoms with Crippen LogP contribution in [-0.4, -0.2) is 28.1 Å². The normalized spacial score (nSPS) is 13.9. The summed E-state index contributed by atoms with van der Waals surface area (Å²) in [5.41, 5.74) is 3.44. The highest BCUT2D eigenvalue weighted by molar-refractivity contribution is 7.37. The van der Waals surface area contributed by atoms with Crippen LogP contribution in [-0.2, 0) is 14.2 Å². The van der Waals surface area contributed by atoms with Crippen LogP contribution in [0.1, 0.15) is 65.2 Å². The van der Waals surface area contributed by atoms with Crippen LogP contribution in [0.3, 0.4) is 0 Å². The fraction of sp³-hybridized carbons (Fsp3) is 0.857. The van der Waals surface area contributed by atoms with Gasteiger partial charge >= 0.3 is 8.03 Å². The van der Waals surface area contributed by atoms with E-state index in [1.807, 2.05) is 13.8 Å². The molecule has 122 valence electrons. The van der Waals surface area contributed by atoms with Crippen molar-refractivity contribution in [1.29, 1.82) is 0 Å². The zero-order valence-electron chi connectivity index (χ0n) is 12.8. The number of hydrogen-bond donors (Lipinski definition) is 2. The van der Waals surface area contributed by atoms with Crippen LogP contribution in [0.4, 0.5) is 0 Å². The number of hydrogen-bond acceptors (Lipinski definition) is 6. The van der Waals surface area contributed by atoms with Crippen molar-refractivity contribution in [2.75, 3.05) is 0 Å². The van der Waals surface area contributed by atoms with Crippen LogP contribution in [0.5, 0.6) is 0 Å². The Labute approximate surface area is 127 Å². The number of carbonyl (C=O) groups excluding carboxylic acids is 2. The van der Waals surface area contributed by atoms with Gasteiger partial charge in [0.2, 0.25) is 5.54 Å². The molecule has 0 amide bonds. The lowest BCUT2D eigenvalue weighted by Crippen LogP contribution is -2.62. The molecule has 0 heterocycles. The van der Waals surface area contributed by atoms with E-state index in [1.165, 1.54) is 0 Å². The number of Topliss-reactive ketones (excluding diaryl/α,β-unsaturated/α-hetero) is 2. The lowest BCUT2D eigenvalue weighted by Gasteiger charge is -2.26. The van der Waals surface area contributed by atoms with Gasteiger partial charge < -0.3 is 15.7 Å². The number of unbranched alkanes of at least 4 members (excludes halogenated alkanes) is 4. The Bertz CT molecular complexity index is 350. The number of aliphatic hydroxyl groups excluding tert-OH is 1. The van der Waals surface area contributed by atoms with Crippen LogP contribution in [0.15, 0.2) is 0 Å². The molecule has 7 heteroatoms. The summed E-state index contributed by atoms with van der Waals surface area (Å²) in [4.78, 5) is 35.4. The van der Waals surface area contributed by atoms with Crippen molar-refractivity contribution >= 4 is 19.6 Å². The maximum Gasteiger partial charge on any atom is 0.344 e. The van der Waals surface area contributed by atoms with Crippen LogP contribution >= 0.6 is 8.03 Å². The molecule has 21 heavy (non-hydrogen) atoms. The van der Waals surface area contributed by atoms with Crippen LogP contribution < -0.4 is 10.6 Å². The van der Waals surface area contributed by atoms with Crippen molar-refractivity contribution in [3.8, 4) is 0 Å².